The number of nitrogens with zero attached hydrogens (tertiary/aromatic N) is 1. The van der Waals surface area contributed by atoms with E-state index in [4.69, 9.17) is 4.74 Å². The average Bonchev–Trinajstić information content (AvgIpc) is 3.06. The molecular formula is C11H12BrNO3S. The van der Waals surface area contributed by atoms with Crippen LogP contribution >= 0.6 is 28.6 Å². The van der Waals surface area contributed by atoms with Crippen molar-refractivity contribution in [2.24, 2.45) is 5.41 Å². The molecule has 0 N–H and O–H groups in total. The molecule has 2 rings (SSSR count). The molecule has 1 aromatic carbocycles. The fourth-order valence-electron chi connectivity index (χ4n) is 1.50. The molecule has 1 aliphatic carbocycles. The fourth-order valence-corrected chi connectivity index (χ4v) is 2.37. The van der Waals surface area contributed by atoms with Crippen LogP contribution in [0.5, 0.6) is 5.75 Å². The third kappa shape index (κ3) is 3.13. The van der Waals surface area contributed by atoms with Crippen LogP contribution in [0.2, 0.25) is 0 Å². The second kappa shape index (κ2) is 4.86. The Kier molecular flexibility index (Phi) is 3.63. The van der Waals surface area contributed by atoms with Crippen LogP contribution in [0.3, 0.4) is 0 Å². The number of hydrogen-bond donors (Lipinski definition) is 1. The quantitative estimate of drug-likeness (QED) is 0.514. The number of rotatable bonds is 5. The topological polar surface area (TPSA) is 52.4 Å². The SMILES string of the molecule is O=[N+]([O-])c1cc(Br)cc(OCC2(CS)CC2)c1. The Labute approximate surface area is 113 Å². The van der Waals surface area contributed by atoms with E-state index in [1.54, 1.807) is 6.07 Å². The van der Waals surface area contributed by atoms with Gasteiger partial charge in [-0.2, -0.15) is 12.6 Å². The van der Waals surface area contributed by atoms with Crippen LogP contribution in [0.15, 0.2) is 22.7 Å². The lowest BCUT2D eigenvalue weighted by atomic mass is 10.2. The van der Waals surface area contributed by atoms with E-state index in [1.807, 2.05) is 0 Å². The zero-order chi connectivity index (χ0) is 12.5. The Morgan fingerprint density at radius 2 is 2.18 bits per heavy atom. The van der Waals surface area contributed by atoms with E-state index >= 15 is 0 Å². The van der Waals surface area contributed by atoms with Crippen LogP contribution < -0.4 is 4.74 Å². The maximum atomic E-state index is 10.7. The van der Waals surface area contributed by atoms with E-state index in [-0.39, 0.29) is 11.1 Å². The second-order valence-corrected chi connectivity index (χ2v) is 5.58. The van der Waals surface area contributed by atoms with E-state index in [2.05, 4.69) is 28.6 Å². The van der Waals surface area contributed by atoms with E-state index in [0.29, 0.717) is 16.8 Å². The van der Waals surface area contributed by atoms with Gasteiger partial charge in [-0.05, 0) is 24.7 Å². The molecule has 1 aliphatic rings. The normalized spacial score (nSPS) is 16.6. The largest absolute Gasteiger partial charge is 0.493 e. The third-order valence-corrected chi connectivity index (χ3v) is 4.03. The number of thiol groups is 1. The van der Waals surface area contributed by atoms with Gasteiger partial charge >= 0.3 is 0 Å². The van der Waals surface area contributed by atoms with E-state index in [9.17, 15) is 10.1 Å². The van der Waals surface area contributed by atoms with E-state index in [0.717, 1.165) is 18.6 Å². The van der Waals surface area contributed by atoms with Gasteiger partial charge in [0.25, 0.3) is 5.69 Å². The summed E-state index contributed by atoms with van der Waals surface area (Å²) in [5.41, 5.74) is 0.213. The Morgan fingerprint density at radius 1 is 1.47 bits per heavy atom. The standard InChI is InChI=1S/C11H12BrNO3S/c12-8-3-9(13(14)15)5-10(4-8)16-6-11(7-17)1-2-11/h3-5,17H,1-2,6-7H2. The highest BCUT2D eigenvalue weighted by atomic mass is 79.9. The molecular weight excluding hydrogens is 306 g/mol. The lowest BCUT2D eigenvalue weighted by molar-refractivity contribution is -0.385. The molecule has 0 unspecified atom stereocenters. The van der Waals surface area contributed by atoms with Crippen molar-refractivity contribution >= 4 is 34.2 Å². The van der Waals surface area contributed by atoms with Crippen molar-refractivity contribution in [1.29, 1.82) is 0 Å². The van der Waals surface area contributed by atoms with Gasteiger partial charge in [0.15, 0.2) is 0 Å². The molecule has 17 heavy (non-hydrogen) atoms. The number of benzene rings is 1. The lowest BCUT2D eigenvalue weighted by Crippen LogP contribution is -2.14. The minimum Gasteiger partial charge on any atom is -0.493 e. The predicted octanol–water partition coefficient (Wildman–Crippen LogP) is 3.45. The lowest BCUT2D eigenvalue weighted by Gasteiger charge is -2.13. The van der Waals surface area contributed by atoms with Gasteiger partial charge in [-0.15, -0.1) is 0 Å². The minimum atomic E-state index is -0.427. The Hall–Kier alpha value is -0.750. The van der Waals surface area contributed by atoms with Crippen molar-refractivity contribution in [3.05, 3.63) is 32.8 Å². The molecule has 0 spiro atoms. The van der Waals surface area contributed by atoms with Crippen LogP contribution in [0.1, 0.15) is 12.8 Å². The molecule has 1 saturated carbocycles. The van der Waals surface area contributed by atoms with Gasteiger partial charge in [-0.3, -0.25) is 10.1 Å². The van der Waals surface area contributed by atoms with Crippen molar-refractivity contribution in [2.45, 2.75) is 12.8 Å². The van der Waals surface area contributed by atoms with E-state index in [1.165, 1.54) is 12.1 Å². The van der Waals surface area contributed by atoms with Crippen LogP contribution in [-0.2, 0) is 0 Å². The van der Waals surface area contributed by atoms with Crippen LogP contribution in [0.4, 0.5) is 5.69 Å². The number of halogens is 1. The fraction of sp³-hybridized carbons (Fsp3) is 0.455. The number of ether oxygens (including phenoxy) is 1. The molecule has 92 valence electrons. The molecule has 0 heterocycles. The first-order valence-electron chi connectivity index (χ1n) is 5.23. The van der Waals surface area contributed by atoms with E-state index < -0.39 is 4.92 Å². The summed E-state index contributed by atoms with van der Waals surface area (Å²) in [5.74, 6) is 1.32. The Bertz CT molecular complexity index is 448. The highest BCUT2D eigenvalue weighted by molar-refractivity contribution is 9.10. The highest BCUT2D eigenvalue weighted by Crippen LogP contribution is 2.46. The summed E-state index contributed by atoms with van der Waals surface area (Å²) >= 11 is 7.52. The molecule has 0 radical (unpaired) electrons. The minimum absolute atomic E-state index is 0.0325. The van der Waals surface area contributed by atoms with Crippen LogP contribution in [0, 0.1) is 15.5 Å². The summed E-state index contributed by atoms with van der Waals surface area (Å²) in [5, 5.41) is 10.7. The predicted molar refractivity (Wildman–Crippen MR) is 71.8 cm³/mol. The van der Waals surface area contributed by atoms with Crippen molar-refractivity contribution in [3.8, 4) is 5.75 Å². The number of nitro groups is 1. The van der Waals surface area contributed by atoms with Gasteiger partial charge in [0.05, 0.1) is 17.6 Å². The van der Waals surface area contributed by atoms with Gasteiger partial charge in [0.1, 0.15) is 5.75 Å². The Morgan fingerprint density at radius 3 is 2.71 bits per heavy atom. The first kappa shape index (κ1) is 12.7. The summed E-state index contributed by atoms with van der Waals surface area (Å²) in [6, 6.07) is 4.64. The van der Waals surface area contributed by atoms with Gasteiger partial charge in [0.2, 0.25) is 0 Å². The van der Waals surface area contributed by atoms with Gasteiger partial charge in [0, 0.05) is 16.0 Å². The number of hydrogen-bond acceptors (Lipinski definition) is 4. The molecule has 4 nitrogen and oxygen atoms in total. The first-order valence-corrected chi connectivity index (χ1v) is 6.66. The van der Waals surface area contributed by atoms with Crippen molar-refractivity contribution in [3.63, 3.8) is 0 Å². The summed E-state index contributed by atoms with van der Waals surface area (Å²) in [6.45, 7) is 0.574. The van der Waals surface area contributed by atoms with Crippen LogP contribution in [-0.4, -0.2) is 17.3 Å². The van der Waals surface area contributed by atoms with Crippen molar-refractivity contribution in [1.82, 2.24) is 0 Å². The number of nitro benzene ring substituents is 1. The first-order chi connectivity index (χ1) is 8.04. The second-order valence-electron chi connectivity index (χ2n) is 4.35. The van der Waals surface area contributed by atoms with Gasteiger partial charge in [-0.1, -0.05) is 15.9 Å². The zero-order valence-electron chi connectivity index (χ0n) is 9.06. The van der Waals surface area contributed by atoms with Gasteiger partial charge in [-0.25, -0.2) is 0 Å². The maximum Gasteiger partial charge on any atom is 0.274 e. The summed E-state index contributed by atoms with van der Waals surface area (Å²) in [6.07, 6.45) is 2.24. The average molecular weight is 318 g/mol. The summed E-state index contributed by atoms with van der Waals surface area (Å²) in [7, 11) is 0. The zero-order valence-corrected chi connectivity index (χ0v) is 11.5. The third-order valence-electron chi connectivity index (χ3n) is 2.90. The molecule has 0 amide bonds. The molecule has 6 heteroatoms. The monoisotopic (exact) mass is 317 g/mol. The molecule has 0 saturated heterocycles. The summed E-state index contributed by atoms with van der Waals surface area (Å²) in [4.78, 5) is 10.3. The van der Waals surface area contributed by atoms with Crippen LogP contribution in [0.25, 0.3) is 0 Å². The molecule has 1 fully saturated rings. The van der Waals surface area contributed by atoms with Gasteiger partial charge < -0.3 is 4.74 Å². The smallest absolute Gasteiger partial charge is 0.274 e. The molecule has 0 atom stereocenters. The van der Waals surface area contributed by atoms with Crippen molar-refractivity contribution in [2.75, 3.05) is 12.4 Å². The maximum absolute atomic E-state index is 10.7. The molecule has 0 bridgehead atoms. The van der Waals surface area contributed by atoms with Crippen molar-refractivity contribution < 1.29 is 9.66 Å². The molecule has 0 aromatic heterocycles. The molecule has 0 aliphatic heterocycles. The summed E-state index contributed by atoms with van der Waals surface area (Å²) < 4.78 is 6.26. The Balaban J connectivity index is 2.07. The molecule has 1 aromatic rings. The number of non-ortho nitro benzene ring substituents is 1. The highest BCUT2D eigenvalue weighted by Gasteiger charge is 2.42.